The van der Waals surface area contributed by atoms with Gasteiger partial charge in [-0.05, 0) is 52.6 Å². The van der Waals surface area contributed by atoms with E-state index in [0.717, 1.165) is 25.6 Å². The van der Waals surface area contributed by atoms with Gasteiger partial charge in [0.05, 0.1) is 6.10 Å². The first-order chi connectivity index (χ1) is 7.56. The maximum absolute atomic E-state index is 9.64. The van der Waals surface area contributed by atoms with E-state index >= 15 is 0 Å². The van der Waals surface area contributed by atoms with Gasteiger partial charge in [0.25, 0.3) is 0 Å². The Morgan fingerprint density at radius 2 is 2.06 bits per heavy atom. The molecule has 0 bridgehead atoms. The molecular formula is C13H28N2O. The summed E-state index contributed by atoms with van der Waals surface area (Å²) in [6.45, 7) is 11.8. The van der Waals surface area contributed by atoms with Crippen LogP contribution in [0, 0.1) is 5.92 Å². The molecule has 0 aromatic carbocycles. The van der Waals surface area contributed by atoms with Gasteiger partial charge >= 0.3 is 0 Å². The molecule has 2 N–H and O–H groups in total. The van der Waals surface area contributed by atoms with E-state index < -0.39 is 0 Å². The molecule has 1 fully saturated rings. The van der Waals surface area contributed by atoms with E-state index in [-0.39, 0.29) is 12.1 Å². The maximum atomic E-state index is 9.64. The number of aliphatic hydroxyl groups excluding tert-OH is 1. The fourth-order valence-corrected chi connectivity index (χ4v) is 2.61. The molecule has 4 unspecified atom stereocenters. The van der Waals surface area contributed by atoms with Gasteiger partial charge in [0.2, 0.25) is 0 Å². The van der Waals surface area contributed by atoms with Crippen molar-refractivity contribution in [1.82, 2.24) is 10.2 Å². The first kappa shape index (κ1) is 13.9. The summed E-state index contributed by atoms with van der Waals surface area (Å²) < 4.78 is 0. The van der Waals surface area contributed by atoms with Crippen LogP contribution in [0.15, 0.2) is 0 Å². The van der Waals surface area contributed by atoms with E-state index in [0.29, 0.717) is 6.04 Å². The van der Waals surface area contributed by atoms with Crippen LogP contribution in [0.4, 0.5) is 0 Å². The van der Waals surface area contributed by atoms with Gasteiger partial charge in [0.1, 0.15) is 0 Å². The second-order valence-corrected chi connectivity index (χ2v) is 5.22. The number of hydrogen-bond donors (Lipinski definition) is 2. The number of hydrogen-bond acceptors (Lipinski definition) is 3. The Balaban J connectivity index is 2.46. The van der Waals surface area contributed by atoms with Gasteiger partial charge in [-0.15, -0.1) is 0 Å². The second kappa shape index (κ2) is 6.58. The van der Waals surface area contributed by atoms with E-state index in [1.54, 1.807) is 0 Å². The van der Waals surface area contributed by atoms with E-state index in [4.69, 9.17) is 0 Å². The summed E-state index contributed by atoms with van der Waals surface area (Å²) in [5, 5.41) is 13.2. The SMILES string of the molecule is CCNC(C)C1CCCN(C(C)C(C)O)C1. The first-order valence-corrected chi connectivity index (χ1v) is 6.71. The summed E-state index contributed by atoms with van der Waals surface area (Å²) in [5.74, 6) is 0.731. The Kier molecular flexibility index (Phi) is 5.73. The molecule has 0 spiro atoms. The van der Waals surface area contributed by atoms with Gasteiger partial charge in [-0.3, -0.25) is 4.90 Å². The van der Waals surface area contributed by atoms with Gasteiger partial charge in [-0.1, -0.05) is 6.92 Å². The van der Waals surface area contributed by atoms with Gasteiger partial charge in [0.15, 0.2) is 0 Å². The highest BCUT2D eigenvalue weighted by atomic mass is 16.3. The lowest BCUT2D eigenvalue weighted by molar-refractivity contribution is 0.0375. The normalized spacial score (nSPS) is 28.7. The summed E-state index contributed by atoms with van der Waals surface area (Å²) in [4.78, 5) is 2.44. The molecule has 1 aliphatic rings. The minimum absolute atomic E-state index is 0.229. The lowest BCUT2D eigenvalue weighted by Gasteiger charge is -2.40. The summed E-state index contributed by atoms with van der Waals surface area (Å²) in [6.07, 6.45) is 2.35. The third kappa shape index (κ3) is 3.72. The van der Waals surface area contributed by atoms with Crippen LogP contribution < -0.4 is 5.32 Å². The van der Waals surface area contributed by atoms with Crippen molar-refractivity contribution in [1.29, 1.82) is 0 Å². The van der Waals surface area contributed by atoms with Crippen molar-refractivity contribution < 1.29 is 5.11 Å². The van der Waals surface area contributed by atoms with Crippen LogP contribution in [0.3, 0.4) is 0 Å². The molecule has 1 heterocycles. The monoisotopic (exact) mass is 228 g/mol. The Bertz CT molecular complexity index is 196. The summed E-state index contributed by atoms with van der Waals surface area (Å²) >= 11 is 0. The number of rotatable bonds is 5. The molecule has 96 valence electrons. The minimum Gasteiger partial charge on any atom is -0.392 e. The quantitative estimate of drug-likeness (QED) is 0.748. The largest absolute Gasteiger partial charge is 0.392 e. The summed E-state index contributed by atoms with van der Waals surface area (Å²) in [5.41, 5.74) is 0. The minimum atomic E-state index is -0.229. The second-order valence-electron chi connectivity index (χ2n) is 5.22. The summed E-state index contributed by atoms with van der Waals surface area (Å²) in [7, 11) is 0. The average molecular weight is 228 g/mol. The van der Waals surface area contributed by atoms with E-state index in [2.05, 4.69) is 31.0 Å². The zero-order chi connectivity index (χ0) is 12.1. The van der Waals surface area contributed by atoms with Gasteiger partial charge in [0, 0.05) is 18.6 Å². The molecule has 4 atom stereocenters. The molecule has 0 aromatic heterocycles. The van der Waals surface area contributed by atoms with Crippen molar-refractivity contribution in [3.63, 3.8) is 0 Å². The number of nitrogens with one attached hydrogen (secondary N) is 1. The Labute approximate surface area is 100 Å². The van der Waals surface area contributed by atoms with Crippen LogP contribution in [0.25, 0.3) is 0 Å². The van der Waals surface area contributed by atoms with Crippen molar-refractivity contribution >= 4 is 0 Å². The highest BCUT2D eigenvalue weighted by molar-refractivity contribution is 4.83. The molecule has 0 saturated carbocycles. The molecule has 0 amide bonds. The third-order valence-corrected chi connectivity index (χ3v) is 4.00. The van der Waals surface area contributed by atoms with Crippen LogP contribution in [-0.4, -0.2) is 47.8 Å². The maximum Gasteiger partial charge on any atom is 0.0664 e. The molecule has 1 saturated heterocycles. The molecule has 3 nitrogen and oxygen atoms in total. The lowest BCUT2D eigenvalue weighted by atomic mass is 9.90. The van der Waals surface area contributed by atoms with Crippen LogP contribution in [0.2, 0.25) is 0 Å². The standard InChI is InChI=1S/C13H28N2O/c1-5-14-10(2)13-7-6-8-15(9-13)11(3)12(4)16/h10-14,16H,5-9H2,1-4H3. The molecular weight excluding hydrogens is 200 g/mol. The molecule has 0 radical (unpaired) electrons. The Morgan fingerprint density at radius 3 is 2.62 bits per heavy atom. The predicted octanol–water partition coefficient (Wildman–Crippen LogP) is 1.47. The fraction of sp³-hybridized carbons (Fsp3) is 1.00. The van der Waals surface area contributed by atoms with Crippen molar-refractivity contribution in [2.75, 3.05) is 19.6 Å². The first-order valence-electron chi connectivity index (χ1n) is 6.71. The number of likely N-dealkylation sites (tertiary alicyclic amines) is 1. The fourth-order valence-electron chi connectivity index (χ4n) is 2.61. The highest BCUT2D eigenvalue weighted by Gasteiger charge is 2.28. The lowest BCUT2D eigenvalue weighted by Crippen LogP contribution is -2.50. The van der Waals surface area contributed by atoms with Gasteiger partial charge in [-0.2, -0.15) is 0 Å². The Hall–Kier alpha value is -0.120. The molecule has 16 heavy (non-hydrogen) atoms. The van der Waals surface area contributed by atoms with E-state index in [1.165, 1.54) is 12.8 Å². The smallest absolute Gasteiger partial charge is 0.0664 e. The molecule has 1 aliphatic heterocycles. The van der Waals surface area contributed by atoms with Crippen molar-refractivity contribution in [2.45, 2.75) is 58.7 Å². The number of nitrogens with zero attached hydrogens (tertiary/aromatic N) is 1. The number of aliphatic hydroxyl groups is 1. The van der Waals surface area contributed by atoms with E-state index in [1.807, 2.05) is 6.92 Å². The summed E-state index contributed by atoms with van der Waals surface area (Å²) in [6, 6.07) is 0.880. The average Bonchev–Trinajstić information content (AvgIpc) is 2.28. The van der Waals surface area contributed by atoms with Crippen molar-refractivity contribution in [3.8, 4) is 0 Å². The molecule has 3 heteroatoms. The molecule has 0 aliphatic carbocycles. The van der Waals surface area contributed by atoms with Crippen molar-refractivity contribution in [2.24, 2.45) is 5.92 Å². The van der Waals surface area contributed by atoms with Crippen LogP contribution in [0.1, 0.15) is 40.5 Å². The van der Waals surface area contributed by atoms with E-state index in [9.17, 15) is 5.11 Å². The van der Waals surface area contributed by atoms with Crippen LogP contribution in [0.5, 0.6) is 0 Å². The zero-order valence-electron chi connectivity index (χ0n) is 11.2. The molecule has 1 rings (SSSR count). The van der Waals surface area contributed by atoms with Gasteiger partial charge < -0.3 is 10.4 Å². The third-order valence-electron chi connectivity index (χ3n) is 4.00. The topological polar surface area (TPSA) is 35.5 Å². The predicted molar refractivity (Wildman–Crippen MR) is 68.6 cm³/mol. The van der Waals surface area contributed by atoms with Crippen molar-refractivity contribution in [3.05, 3.63) is 0 Å². The van der Waals surface area contributed by atoms with Crippen LogP contribution in [-0.2, 0) is 0 Å². The van der Waals surface area contributed by atoms with Gasteiger partial charge in [-0.25, -0.2) is 0 Å². The Morgan fingerprint density at radius 1 is 1.38 bits per heavy atom. The zero-order valence-corrected chi connectivity index (χ0v) is 11.2. The number of piperidine rings is 1. The van der Waals surface area contributed by atoms with Crippen LogP contribution >= 0.6 is 0 Å². The molecule has 0 aromatic rings. The highest BCUT2D eigenvalue weighted by Crippen LogP contribution is 2.22.